The van der Waals surface area contributed by atoms with Crippen LogP contribution in [0, 0.1) is 0 Å². The number of H-pyrrole nitrogens is 1. The summed E-state index contributed by atoms with van der Waals surface area (Å²) in [5.41, 5.74) is 3.42. The molecule has 184 valence electrons. The van der Waals surface area contributed by atoms with Gasteiger partial charge >= 0.3 is 0 Å². The SMILES string of the molecule is CCCCCCCCC(=O)N(CCc1c[nH]c2ccc(OC)cc12)Cc1ccc(OCC)cc1. The van der Waals surface area contributed by atoms with E-state index in [0.717, 1.165) is 47.2 Å². The smallest absolute Gasteiger partial charge is 0.222 e. The van der Waals surface area contributed by atoms with Crippen LogP contribution in [0.25, 0.3) is 10.9 Å². The van der Waals surface area contributed by atoms with E-state index in [1.165, 1.54) is 31.2 Å². The Morgan fingerprint density at radius 3 is 2.41 bits per heavy atom. The molecular formula is C29H40N2O3. The summed E-state index contributed by atoms with van der Waals surface area (Å²) < 4.78 is 11.0. The van der Waals surface area contributed by atoms with Crippen molar-refractivity contribution >= 4 is 16.8 Å². The van der Waals surface area contributed by atoms with Crippen LogP contribution in [-0.4, -0.2) is 36.1 Å². The molecule has 0 saturated carbocycles. The predicted molar refractivity (Wildman–Crippen MR) is 140 cm³/mol. The van der Waals surface area contributed by atoms with Gasteiger partial charge in [0, 0.05) is 36.6 Å². The summed E-state index contributed by atoms with van der Waals surface area (Å²) in [6.07, 6.45) is 10.6. The number of aromatic nitrogens is 1. The summed E-state index contributed by atoms with van der Waals surface area (Å²) in [5, 5.41) is 1.16. The number of nitrogens with one attached hydrogen (secondary N) is 1. The normalized spacial score (nSPS) is 11.0. The van der Waals surface area contributed by atoms with Gasteiger partial charge in [-0.15, -0.1) is 0 Å². The van der Waals surface area contributed by atoms with Crippen LogP contribution in [0.5, 0.6) is 11.5 Å². The number of ether oxygens (including phenoxy) is 2. The molecule has 5 heteroatoms. The van der Waals surface area contributed by atoms with Crippen molar-refractivity contribution < 1.29 is 14.3 Å². The highest BCUT2D eigenvalue weighted by molar-refractivity contribution is 5.84. The summed E-state index contributed by atoms with van der Waals surface area (Å²) in [5.74, 6) is 1.95. The fourth-order valence-electron chi connectivity index (χ4n) is 4.33. The van der Waals surface area contributed by atoms with E-state index in [9.17, 15) is 4.79 Å². The summed E-state index contributed by atoms with van der Waals surface area (Å²) in [6.45, 7) is 6.17. The van der Waals surface area contributed by atoms with Crippen LogP contribution < -0.4 is 9.47 Å². The van der Waals surface area contributed by atoms with Gasteiger partial charge in [-0.2, -0.15) is 0 Å². The molecule has 0 aliphatic rings. The third-order valence-electron chi connectivity index (χ3n) is 6.33. The highest BCUT2D eigenvalue weighted by Gasteiger charge is 2.15. The largest absolute Gasteiger partial charge is 0.497 e. The molecule has 0 atom stereocenters. The van der Waals surface area contributed by atoms with E-state index < -0.39 is 0 Å². The Morgan fingerprint density at radius 2 is 1.68 bits per heavy atom. The van der Waals surface area contributed by atoms with E-state index in [-0.39, 0.29) is 5.91 Å². The van der Waals surface area contributed by atoms with E-state index in [1.807, 2.05) is 36.1 Å². The molecule has 0 unspecified atom stereocenters. The Bertz CT molecular complexity index is 1010. The number of hydrogen-bond acceptors (Lipinski definition) is 3. The number of benzene rings is 2. The fourth-order valence-corrected chi connectivity index (χ4v) is 4.33. The van der Waals surface area contributed by atoms with Crippen LogP contribution in [-0.2, 0) is 17.8 Å². The first-order chi connectivity index (χ1) is 16.6. The molecule has 1 amide bonds. The van der Waals surface area contributed by atoms with E-state index in [0.29, 0.717) is 26.1 Å². The van der Waals surface area contributed by atoms with Crippen molar-refractivity contribution in [3.8, 4) is 11.5 Å². The first-order valence-corrected chi connectivity index (χ1v) is 12.8. The van der Waals surface area contributed by atoms with Crippen LogP contribution >= 0.6 is 0 Å². The first kappa shape index (κ1) is 25.7. The van der Waals surface area contributed by atoms with E-state index in [2.05, 4.69) is 36.3 Å². The minimum absolute atomic E-state index is 0.238. The Hall–Kier alpha value is -2.95. The van der Waals surface area contributed by atoms with Crippen LogP contribution in [0.1, 0.15) is 69.9 Å². The molecule has 0 bridgehead atoms. The molecule has 34 heavy (non-hydrogen) atoms. The molecule has 0 aliphatic heterocycles. The summed E-state index contributed by atoms with van der Waals surface area (Å²) in [4.78, 5) is 18.6. The molecule has 0 fully saturated rings. The Labute approximate surface area is 204 Å². The molecule has 1 heterocycles. The lowest BCUT2D eigenvalue weighted by molar-refractivity contribution is -0.131. The number of carbonyl (C=O) groups is 1. The van der Waals surface area contributed by atoms with Gasteiger partial charge < -0.3 is 19.4 Å². The molecule has 3 aromatic rings. The zero-order valence-electron chi connectivity index (χ0n) is 21.1. The number of hydrogen-bond donors (Lipinski definition) is 1. The van der Waals surface area contributed by atoms with Crippen molar-refractivity contribution in [1.82, 2.24) is 9.88 Å². The minimum atomic E-state index is 0.238. The standard InChI is InChI=1S/C29H40N2O3/c1-4-6-7-8-9-10-11-29(32)31(22-23-12-14-25(15-13-23)34-5-2)19-18-24-21-30-28-17-16-26(33-3)20-27(24)28/h12-17,20-21,30H,4-11,18-19,22H2,1-3H3. The molecule has 3 rings (SSSR count). The van der Waals surface area contributed by atoms with Gasteiger partial charge in [0.1, 0.15) is 11.5 Å². The average molecular weight is 465 g/mol. The number of aromatic amines is 1. The number of unbranched alkanes of at least 4 members (excludes halogenated alkanes) is 5. The lowest BCUT2D eigenvalue weighted by atomic mass is 10.1. The quantitative estimate of drug-likeness (QED) is 0.249. The second kappa shape index (κ2) is 13.7. The zero-order chi connectivity index (χ0) is 24.2. The molecular weight excluding hydrogens is 424 g/mol. The third-order valence-corrected chi connectivity index (χ3v) is 6.33. The van der Waals surface area contributed by atoms with Crippen molar-refractivity contribution in [2.24, 2.45) is 0 Å². The van der Waals surface area contributed by atoms with Crippen molar-refractivity contribution in [2.45, 2.75) is 71.8 Å². The van der Waals surface area contributed by atoms with Crippen molar-refractivity contribution in [3.05, 3.63) is 59.8 Å². The molecule has 0 aliphatic carbocycles. The Kier molecular flexibility index (Phi) is 10.3. The summed E-state index contributed by atoms with van der Waals surface area (Å²) in [6, 6.07) is 14.2. The second-order valence-electron chi connectivity index (χ2n) is 8.89. The maximum Gasteiger partial charge on any atom is 0.222 e. The van der Waals surface area contributed by atoms with Crippen molar-refractivity contribution in [3.63, 3.8) is 0 Å². The number of rotatable bonds is 15. The summed E-state index contributed by atoms with van der Waals surface area (Å²) in [7, 11) is 1.69. The van der Waals surface area contributed by atoms with E-state index >= 15 is 0 Å². The predicted octanol–water partition coefficient (Wildman–Crippen LogP) is 6.90. The second-order valence-corrected chi connectivity index (χ2v) is 8.89. The van der Waals surface area contributed by atoms with Crippen LogP contribution in [0.4, 0.5) is 0 Å². The van der Waals surface area contributed by atoms with Gasteiger partial charge in [0.05, 0.1) is 13.7 Å². The Balaban J connectivity index is 1.66. The van der Waals surface area contributed by atoms with Gasteiger partial charge in [-0.05, 0) is 61.2 Å². The molecule has 5 nitrogen and oxygen atoms in total. The van der Waals surface area contributed by atoms with Crippen LogP contribution in [0.3, 0.4) is 0 Å². The molecule has 1 N–H and O–H groups in total. The van der Waals surface area contributed by atoms with Gasteiger partial charge in [0.25, 0.3) is 0 Å². The minimum Gasteiger partial charge on any atom is -0.497 e. The van der Waals surface area contributed by atoms with Gasteiger partial charge in [0.2, 0.25) is 5.91 Å². The molecule has 1 aromatic heterocycles. The molecule has 0 saturated heterocycles. The zero-order valence-corrected chi connectivity index (χ0v) is 21.1. The Morgan fingerprint density at radius 1 is 0.941 bits per heavy atom. The average Bonchev–Trinajstić information content (AvgIpc) is 3.27. The van der Waals surface area contributed by atoms with Crippen molar-refractivity contribution in [1.29, 1.82) is 0 Å². The summed E-state index contributed by atoms with van der Waals surface area (Å²) >= 11 is 0. The number of nitrogens with zero attached hydrogens (tertiary/aromatic N) is 1. The highest BCUT2D eigenvalue weighted by atomic mass is 16.5. The molecule has 0 spiro atoms. The third kappa shape index (κ3) is 7.54. The monoisotopic (exact) mass is 464 g/mol. The topological polar surface area (TPSA) is 54.6 Å². The van der Waals surface area contributed by atoms with Gasteiger partial charge in [-0.25, -0.2) is 0 Å². The highest BCUT2D eigenvalue weighted by Crippen LogP contribution is 2.24. The number of fused-ring (bicyclic) bond motifs is 1. The lowest BCUT2D eigenvalue weighted by Gasteiger charge is -2.23. The van der Waals surface area contributed by atoms with Crippen LogP contribution in [0.2, 0.25) is 0 Å². The van der Waals surface area contributed by atoms with Gasteiger partial charge in [-0.3, -0.25) is 4.79 Å². The van der Waals surface area contributed by atoms with E-state index in [1.54, 1.807) is 7.11 Å². The maximum absolute atomic E-state index is 13.2. The fraction of sp³-hybridized carbons (Fsp3) is 0.483. The van der Waals surface area contributed by atoms with Gasteiger partial charge in [-0.1, -0.05) is 51.2 Å². The van der Waals surface area contributed by atoms with Crippen molar-refractivity contribution in [2.75, 3.05) is 20.3 Å². The van der Waals surface area contributed by atoms with Gasteiger partial charge in [0.15, 0.2) is 0 Å². The number of amides is 1. The van der Waals surface area contributed by atoms with Crippen LogP contribution in [0.15, 0.2) is 48.7 Å². The number of carbonyl (C=O) groups excluding carboxylic acids is 1. The maximum atomic E-state index is 13.2. The molecule has 0 radical (unpaired) electrons. The lowest BCUT2D eigenvalue weighted by Crippen LogP contribution is -2.32. The number of methoxy groups -OCH3 is 1. The first-order valence-electron chi connectivity index (χ1n) is 12.8. The van der Waals surface area contributed by atoms with E-state index in [4.69, 9.17) is 9.47 Å². The molecule has 2 aromatic carbocycles.